The molecule has 0 spiro atoms. The molecular weight excluding hydrogens is 302 g/mol. The van der Waals surface area contributed by atoms with Gasteiger partial charge < -0.3 is 23.9 Å². The number of hydrogen-bond donors (Lipinski definition) is 1. The van der Waals surface area contributed by atoms with Crippen molar-refractivity contribution in [3.05, 3.63) is 46.5 Å². The SMILES string of the molecule is COc1cc(NC(=O)COc2c(C)occc2=O)cc(OC)c1. The van der Waals surface area contributed by atoms with E-state index in [1.165, 1.54) is 26.5 Å². The number of ether oxygens (including phenoxy) is 3. The molecular formula is C16H17NO6. The molecule has 2 aromatic rings. The number of anilines is 1. The minimum absolute atomic E-state index is 0.0193. The van der Waals surface area contributed by atoms with E-state index in [0.717, 1.165) is 0 Å². The molecule has 0 fully saturated rings. The number of carbonyl (C=O) groups excluding carboxylic acids is 1. The maximum atomic E-state index is 12.0. The highest BCUT2D eigenvalue weighted by atomic mass is 16.5. The lowest BCUT2D eigenvalue weighted by molar-refractivity contribution is -0.118. The standard InChI is InChI=1S/C16H17NO6/c1-10-16(14(18)4-5-22-10)23-9-15(19)17-11-6-12(20-2)8-13(7-11)21-3/h4-8H,9H2,1-3H3,(H,17,19). The van der Waals surface area contributed by atoms with E-state index in [1.54, 1.807) is 25.1 Å². The number of hydrogen-bond acceptors (Lipinski definition) is 6. The van der Waals surface area contributed by atoms with Crippen molar-refractivity contribution in [2.24, 2.45) is 0 Å². The summed E-state index contributed by atoms with van der Waals surface area (Å²) in [5.41, 5.74) is 0.149. The summed E-state index contributed by atoms with van der Waals surface area (Å²) >= 11 is 0. The fourth-order valence-corrected chi connectivity index (χ4v) is 1.89. The van der Waals surface area contributed by atoms with Crippen LogP contribution < -0.4 is 25.0 Å². The van der Waals surface area contributed by atoms with Crippen molar-refractivity contribution in [3.63, 3.8) is 0 Å². The molecule has 0 atom stereocenters. The van der Waals surface area contributed by atoms with E-state index in [0.29, 0.717) is 22.9 Å². The predicted octanol–water partition coefficient (Wildman–Crippen LogP) is 1.98. The number of benzene rings is 1. The van der Waals surface area contributed by atoms with Gasteiger partial charge >= 0.3 is 0 Å². The van der Waals surface area contributed by atoms with Gasteiger partial charge in [0.25, 0.3) is 5.91 Å². The monoisotopic (exact) mass is 319 g/mol. The van der Waals surface area contributed by atoms with Crippen molar-refractivity contribution >= 4 is 11.6 Å². The molecule has 0 aliphatic heterocycles. The van der Waals surface area contributed by atoms with Crippen molar-refractivity contribution in [2.75, 3.05) is 26.1 Å². The summed E-state index contributed by atoms with van der Waals surface area (Å²) in [6.45, 7) is 1.26. The number of amides is 1. The molecule has 0 unspecified atom stereocenters. The van der Waals surface area contributed by atoms with Gasteiger partial charge in [0.15, 0.2) is 6.61 Å². The topological polar surface area (TPSA) is 87.0 Å². The highest BCUT2D eigenvalue weighted by Gasteiger charge is 2.11. The van der Waals surface area contributed by atoms with E-state index >= 15 is 0 Å². The average Bonchev–Trinajstić information content (AvgIpc) is 2.53. The van der Waals surface area contributed by atoms with E-state index in [1.807, 2.05) is 0 Å². The zero-order valence-electron chi connectivity index (χ0n) is 13.0. The van der Waals surface area contributed by atoms with Gasteiger partial charge in [-0.3, -0.25) is 9.59 Å². The molecule has 7 nitrogen and oxygen atoms in total. The molecule has 0 radical (unpaired) electrons. The first kappa shape index (κ1) is 16.4. The number of carbonyl (C=O) groups is 1. The normalized spacial score (nSPS) is 10.0. The second-order valence-corrected chi connectivity index (χ2v) is 4.61. The van der Waals surface area contributed by atoms with Crippen LogP contribution in [0.25, 0.3) is 0 Å². The van der Waals surface area contributed by atoms with Gasteiger partial charge in [-0.2, -0.15) is 0 Å². The van der Waals surface area contributed by atoms with Crippen LogP contribution in [-0.2, 0) is 4.79 Å². The highest BCUT2D eigenvalue weighted by Crippen LogP contribution is 2.25. The Labute approximate surface area is 132 Å². The van der Waals surface area contributed by atoms with Gasteiger partial charge in [0.2, 0.25) is 11.2 Å². The minimum atomic E-state index is -0.428. The fraction of sp³-hybridized carbons (Fsp3) is 0.250. The van der Waals surface area contributed by atoms with Crippen molar-refractivity contribution in [3.8, 4) is 17.2 Å². The van der Waals surface area contributed by atoms with Crippen LogP contribution >= 0.6 is 0 Å². The Balaban J connectivity index is 2.04. The quantitative estimate of drug-likeness (QED) is 0.876. The number of rotatable bonds is 6. The van der Waals surface area contributed by atoms with Crippen LogP contribution in [0.1, 0.15) is 5.76 Å². The third kappa shape index (κ3) is 4.26. The molecule has 23 heavy (non-hydrogen) atoms. The van der Waals surface area contributed by atoms with Crippen molar-refractivity contribution in [1.29, 1.82) is 0 Å². The molecule has 1 heterocycles. The molecule has 1 aromatic carbocycles. The van der Waals surface area contributed by atoms with Crippen molar-refractivity contribution < 1.29 is 23.4 Å². The Morgan fingerprint density at radius 1 is 1.17 bits per heavy atom. The van der Waals surface area contributed by atoms with Gasteiger partial charge in [-0.25, -0.2) is 0 Å². The van der Waals surface area contributed by atoms with Gasteiger partial charge in [0, 0.05) is 30.0 Å². The van der Waals surface area contributed by atoms with E-state index in [-0.39, 0.29) is 17.8 Å². The fourth-order valence-electron chi connectivity index (χ4n) is 1.89. The first-order chi connectivity index (χ1) is 11.0. The van der Waals surface area contributed by atoms with Gasteiger partial charge in [-0.1, -0.05) is 0 Å². The lowest BCUT2D eigenvalue weighted by Crippen LogP contribution is -2.22. The zero-order chi connectivity index (χ0) is 16.8. The second kappa shape index (κ2) is 7.35. The van der Waals surface area contributed by atoms with Crippen LogP contribution in [0.3, 0.4) is 0 Å². The molecule has 0 aliphatic rings. The molecule has 0 saturated carbocycles. The molecule has 0 aliphatic carbocycles. The first-order valence-electron chi connectivity index (χ1n) is 6.77. The molecule has 1 amide bonds. The number of nitrogens with one attached hydrogen (secondary N) is 1. The second-order valence-electron chi connectivity index (χ2n) is 4.61. The van der Waals surface area contributed by atoms with Crippen LogP contribution in [0.4, 0.5) is 5.69 Å². The van der Waals surface area contributed by atoms with E-state index < -0.39 is 5.91 Å². The third-order valence-electron chi connectivity index (χ3n) is 2.99. The largest absolute Gasteiger partial charge is 0.497 e. The third-order valence-corrected chi connectivity index (χ3v) is 2.99. The highest BCUT2D eigenvalue weighted by molar-refractivity contribution is 5.92. The van der Waals surface area contributed by atoms with Gasteiger partial charge in [0.05, 0.1) is 20.5 Å². The van der Waals surface area contributed by atoms with E-state index in [9.17, 15) is 9.59 Å². The molecule has 0 bridgehead atoms. The van der Waals surface area contributed by atoms with Gasteiger partial charge in [-0.05, 0) is 6.92 Å². The zero-order valence-corrected chi connectivity index (χ0v) is 13.0. The average molecular weight is 319 g/mol. The number of aryl methyl sites for hydroxylation is 1. The smallest absolute Gasteiger partial charge is 0.262 e. The maximum Gasteiger partial charge on any atom is 0.262 e. The van der Waals surface area contributed by atoms with E-state index in [2.05, 4.69) is 5.32 Å². The summed E-state index contributed by atoms with van der Waals surface area (Å²) in [6.07, 6.45) is 1.27. The molecule has 1 aromatic heterocycles. The number of methoxy groups -OCH3 is 2. The Kier molecular flexibility index (Phi) is 5.24. The molecule has 7 heteroatoms. The Morgan fingerprint density at radius 2 is 1.83 bits per heavy atom. The Bertz CT molecular complexity index is 730. The van der Waals surface area contributed by atoms with Crippen LogP contribution in [0.15, 0.2) is 39.7 Å². The summed E-state index contributed by atoms with van der Waals surface area (Å²) in [5.74, 6) is 0.988. The summed E-state index contributed by atoms with van der Waals surface area (Å²) in [7, 11) is 3.03. The van der Waals surface area contributed by atoms with Crippen molar-refractivity contribution in [2.45, 2.75) is 6.92 Å². The first-order valence-corrected chi connectivity index (χ1v) is 6.77. The summed E-state index contributed by atoms with van der Waals surface area (Å²) in [6, 6.07) is 6.20. The summed E-state index contributed by atoms with van der Waals surface area (Å²) in [4.78, 5) is 23.6. The van der Waals surface area contributed by atoms with Crippen LogP contribution in [0.5, 0.6) is 17.2 Å². The van der Waals surface area contributed by atoms with Gasteiger partial charge in [-0.15, -0.1) is 0 Å². The Hall–Kier alpha value is -2.96. The van der Waals surface area contributed by atoms with E-state index in [4.69, 9.17) is 18.6 Å². The minimum Gasteiger partial charge on any atom is -0.497 e. The molecule has 0 saturated heterocycles. The summed E-state index contributed by atoms with van der Waals surface area (Å²) in [5, 5.41) is 2.64. The molecule has 122 valence electrons. The lowest BCUT2D eigenvalue weighted by Gasteiger charge is -2.10. The Morgan fingerprint density at radius 3 is 2.39 bits per heavy atom. The molecule has 2 rings (SSSR count). The predicted molar refractivity (Wildman–Crippen MR) is 83.4 cm³/mol. The summed E-state index contributed by atoms with van der Waals surface area (Å²) < 4.78 is 20.5. The van der Waals surface area contributed by atoms with Crippen molar-refractivity contribution in [1.82, 2.24) is 0 Å². The maximum absolute atomic E-state index is 12.0. The van der Waals surface area contributed by atoms with Gasteiger partial charge in [0.1, 0.15) is 17.3 Å². The van der Waals surface area contributed by atoms with Crippen LogP contribution in [-0.4, -0.2) is 26.7 Å². The van der Waals surface area contributed by atoms with Crippen LogP contribution in [0, 0.1) is 6.92 Å². The van der Waals surface area contributed by atoms with Crippen LogP contribution in [0.2, 0.25) is 0 Å². The lowest BCUT2D eigenvalue weighted by atomic mass is 10.2. The molecule has 1 N–H and O–H groups in total.